The van der Waals surface area contributed by atoms with Crippen molar-refractivity contribution < 1.29 is 28.6 Å². The van der Waals surface area contributed by atoms with Crippen LogP contribution in [0.2, 0.25) is 0 Å². The summed E-state index contributed by atoms with van der Waals surface area (Å²) < 4.78 is 16.9. The number of hydrogen-bond donors (Lipinski definition) is 0. The highest BCUT2D eigenvalue weighted by atomic mass is 16.6. The Balaban J connectivity index is 4.06. The molecule has 0 radical (unpaired) electrons. The van der Waals surface area contributed by atoms with E-state index in [1.54, 1.807) is 0 Å². The van der Waals surface area contributed by atoms with E-state index in [0.29, 0.717) is 19.3 Å². The van der Waals surface area contributed by atoms with E-state index in [4.69, 9.17) is 14.2 Å². The summed E-state index contributed by atoms with van der Waals surface area (Å²) in [7, 11) is 0. The topological polar surface area (TPSA) is 78.9 Å². The molecule has 80 heavy (non-hydrogen) atoms. The van der Waals surface area contributed by atoms with Crippen molar-refractivity contribution in [2.24, 2.45) is 0 Å². The maximum absolute atomic E-state index is 12.9. The molecule has 0 saturated heterocycles. The van der Waals surface area contributed by atoms with Gasteiger partial charge in [-0.2, -0.15) is 0 Å². The number of unbranched alkanes of at least 4 members (excludes halogenated alkanes) is 41. The van der Waals surface area contributed by atoms with Crippen molar-refractivity contribution in [2.75, 3.05) is 13.2 Å². The Labute approximate surface area is 497 Å². The number of rotatable bonds is 64. The third-order valence-corrected chi connectivity index (χ3v) is 15.4. The van der Waals surface area contributed by atoms with Crippen molar-refractivity contribution in [1.82, 2.24) is 0 Å². The number of carbonyl (C=O) groups excluding carboxylic acids is 3. The highest BCUT2D eigenvalue weighted by Crippen LogP contribution is 2.18. The van der Waals surface area contributed by atoms with E-state index in [2.05, 4.69) is 93.7 Å². The fourth-order valence-electron chi connectivity index (χ4n) is 10.2. The number of hydrogen-bond acceptors (Lipinski definition) is 6. The molecule has 0 aliphatic carbocycles. The second-order valence-corrected chi connectivity index (χ2v) is 23.4. The van der Waals surface area contributed by atoms with Crippen molar-refractivity contribution in [1.29, 1.82) is 0 Å². The molecule has 0 aromatic carbocycles. The van der Waals surface area contributed by atoms with Gasteiger partial charge in [0.05, 0.1) is 0 Å². The number of ether oxygens (including phenoxy) is 3. The molecule has 0 amide bonds. The maximum atomic E-state index is 12.9. The van der Waals surface area contributed by atoms with E-state index in [1.165, 1.54) is 231 Å². The lowest BCUT2D eigenvalue weighted by molar-refractivity contribution is -0.167. The van der Waals surface area contributed by atoms with Crippen molar-refractivity contribution in [2.45, 2.75) is 367 Å². The second-order valence-electron chi connectivity index (χ2n) is 23.4. The molecule has 464 valence electrons. The van der Waals surface area contributed by atoms with Crippen LogP contribution in [0.15, 0.2) is 72.9 Å². The van der Waals surface area contributed by atoms with Gasteiger partial charge in [0.2, 0.25) is 0 Å². The van der Waals surface area contributed by atoms with Gasteiger partial charge in [-0.3, -0.25) is 14.4 Å². The van der Waals surface area contributed by atoms with E-state index < -0.39 is 6.10 Å². The summed E-state index contributed by atoms with van der Waals surface area (Å²) in [6.07, 6.45) is 89.5. The van der Waals surface area contributed by atoms with Crippen molar-refractivity contribution in [3.8, 4) is 0 Å². The van der Waals surface area contributed by atoms with Crippen LogP contribution in [0.25, 0.3) is 0 Å². The molecule has 0 N–H and O–H groups in total. The Morgan fingerprint density at radius 2 is 0.487 bits per heavy atom. The largest absolute Gasteiger partial charge is 0.462 e. The number of allylic oxidation sites excluding steroid dienone is 12. The van der Waals surface area contributed by atoms with Gasteiger partial charge < -0.3 is 14.2 Å². The first-order valence-corrected chi connectivity index (χ1v) is 34.9. The van der Waals surface area contributed by atoms with E-state index in [-0.39, 0.29) is 31.1 Å². The van der Waals surface area contributed by atoms with Gasteiger partial charge in [-0.25, -0.2) is 0 Å². The normalized spacial score (nSPS) is 12.5. The van der Waals surface area contributed by atoms with E-state index in [1.807, 2.05) is 0 Å². The molecule has 0 aliphatic heterocycles. The van der Waals surface area contributed by atoms with Gasteiger partial charge in [0.25, 0.3) is 0 Å². The standard InChI is InChI=1S/C74H132O6/c1-4-7-10-13-16-19-22-24-26-28-29-30-31-32-33-34-35-36-37-38-39-40-41-42-43-44-45-47-48-50-52-55-58-61-64-67-73(76)79-70-71(69-78-72(75)66-63-60-57-54-21-18-15-12-9-6-3)80-74(77)68-65-62-59-56-53-51-49-46-27-25-23-20-17-14-11-8-5-2/h7,10,16,19,24-27,29-30,32-33,71H,4-6,8-9,11-15,17-18,20-23,28,31,34-70H2,1-3H3/b10-7-,19-16-,26-24-,27-25-,30-29-,33-32-. The molecule has 0 aliphatic rings. The van der Waals surface area contributed by atoms with E-state index in [9.17, 15) is 14.4 Å². The summed E-state index contributed by atoms with van der Waals surface area (Å²) in [5, 5.41) is 0. The molecule has 0 aromatic heterocycles. The molecule has 6 nitrogen and oxygen atoms in total. The Morgan fingerprint density at radius 1 is 0.263 bits per heavy atom. The molecular formula is C74H132O6. The SMILES string of the molecule is CC/C=C\C/C=C\C/C=C\C/C=C\C/C=C\CCCCCCCCCCCCCCCCCCCCCC(=O)OCC(COC(=O)CCCCCCCCCCCC)OC(=O)CCCCCCCCC/C=C\CCCCCCCC. The average molecular weight is 1120 g/mol. The van der Waals surface area contributed by atoms with Crippen molar-refractivity contribution in [3.63, 3.8) is 0 Å². The molecule has 0 heterocycles. The average Bonchev–Trinajstić information content (AvgIpc) is 3.46. The third-order valence-electron chi connectivity index (χ3n) is 15.4. The van der Waals surface area contributed by atoms with Crippen LogP contribution in [0, 0.1) is 0 Å². The van der Waals surface area contributed by atoms with Crippen molar-refractivity contribution in [3.05, 3.63) is 72.9 Å². The lowest BCUT2D eigenvalue weighted by Gasteiger charge is -2.18. The summed E-state index contributed by atoms with van der Waals surface area (Å²) in [5.74, 6) is -0.855. The van der Waals surface area contributed by atoms with Crippen LogP contribution in [0.3, 0.4) is 0 Å². The minimum absolute atomic E-state index is 0.0706. The van der Waals surface area contributed by atoms with E-state index in [0.717, 1.165) is 89.9 Å². The fourth-order valence-corrected chi connectivity index (χ4v) is 10.2. The molecular weight excluding hydrogens is 985 g/mol. The highest BCUT2D eigenvalue weighted by Gasteiger charge is 2.19. The van der Waals surface area contributed by atoms with Crippen LogP contribution in [0.4, 0.5) is 0 Å². The zero-order chi connectivity index (χ0) is 57.8. The van der Waals surface area contributed by atoms with Crippen LogP contribution >= 0.6 is 0 Å². The monoisotopic (exact) mass is 1120 g/mol. The van der Waals surface area contributed by atoms with Crippen LogP contribution in [-0.2, 0) is 28.6 Å². The van der Waals surface area contributed by atoms with Crippen LogP contribution < -0.4 is 0 Å². The van der Waals surface area contributed by atoms with Crippen LogP contribution in [0.5, 0.6) is 0 Å². The Bertz CT molecular complexity index is 1470. The van der Waals surface area contributed by atoms with Crippen molar-refractivity contribution >= 4 is 17.9 Å². The first kappa shape index (κ1) is 76.9. The highest BCUT2D eigenvalue weighted by molar-refractivity contribution is 5.71. The molecule has 6 heteroatoms. The smallest absolute Gasteiger partial charge is 0.306 e. The van der Waals surface area contributed by atoms with Gasteiger partial charge in [0.15, 0.2) is 6.10 Å². The van der Waals surface area contributed by atoms with Gasteiger partial charge in [0.1, 0.15) is 13.2 Å². The zero-order valence-electron chi connectivity index (χ0n) is 53.3. The summed E-state index contributed by atoms with van der Waals surface area (Å²) in [4.78, 5) is 38.3. The lowest BCUT2D eigenvalue weighted by Crippen LogP contribution is -2.30. The minimum atomic E-state index is -0.773. The number of carbonyl (C=O) groups is 3. The maximum Gasteiger partial charge on any atom is 0.306 e. The molecule has 0 fully saturated rings. The molecule has 1 unspecified atom stereocenters. The third kappa shape index (κ3) is 65.7. The quantitative estimate of drug-likeness (QED) is 0.0261. The predicted molar refractivity (Wildman–Crippen MR) is 348 cm³/mol. The first-order chi connectivity index (χ1) is 39.5. The summed E-state index contributed by atoms with van der Waals surface area (Å²) in [6, 6.07) is 0. The van der Waals surface area contributed by atoms with Gasteiger partial charge >= 0.3 is 17.9 Å². The molecule has 0 bridgehead atoms. The molecule has 0 spiro atoms. The van der Waals surface area contributed by atoms with Gasteiger partial charge in [0, 0.05) is 19.3 Å². The van der Waals surface area contributed by atoms with E-state index >= 15 is 0 Å². The molecule has 0 rings (SSSR count). The van der Waals surface area contributed by atoms with Gasteiger partial charge in [-0.1, -0.05) is 325 Å². The van der Waals surface area contributed by atoms with Crippen LogP contribution in [0.1, 0.15) is 361 Å². The zero-order valence-corrected chi connectivity index (χ0v) is 53.3. The Morgan fingerprint density at radius 3 is 0.775 bits per heavy atom. The minimum Gasteiger partial charge on any atom is -0.462 e. The lowest BCUT2D eigenvalue weighted by atomic mass is 10.0. The fraction of sp³-hybridized carbons (Fsp3) is 0.797. The van der Waals surface area contributed by atoms with Gasteiger partial charge in [-0.05, 0) is 89.9 Å². The number of esters is 3. The summed E-state index contributed by atoms with van der Waals surface area (Å²) in [6.45, 7) is 6.55. The summed E-state index contributed by atoms with van der Waals surface area (Å²) in [5.41, 5.74) is 0. The van der Waals surface area contributed by atoms with Gasteiger partial charge in [-0.15, -0.1) is 0 Å². The second kappa shape index (κ2) is 68.3. The summed E-state index contributed by atoms with van der Waals surface area (Å²) >= 11 is 0. The predicted octanol–water partition coefficient (Wildman–Crippen LogP) is 24.1. The molecule has 0 saturated carbocycles. The molecule has 0 aromatic rings. The Kier molecular flexibility index (Phi) is 65.7. The first-order valence-electron chi connectivity index (χ1n) is 34.9. The van der Waals surface area contributed by atoms with Crippen LogP contribution in [-0.4, -0.2) is 37.2 Å². The molecule has 1 atom stereocenters. The Hall–Kier alpha value is -3.15.